The maximum absolute atomic E-state index is 9.93. The van der Waals surface area contributed by atoms with Crippen LogP contribution in [0.25, 0.3) is 0 Å². The average Bonchev–Trinajstić information content (AvgIpc) is 2.91. The molecule has 3 aromatic heterocycles. The zero-order chi connectivity index (χ0) is 25.1. The first-order valence-corrected chi connectivity index (χ1v) is 10.4. The predicted molar refractivity (Wildman–Crippen MR) is 132 cm³/mol. The van der Waals surface area contributed by atoms with Gasteiger partial charge in [-0.05, 0) is 0 Å². The van der Waals surface area contributed by atoms with E-state index in [4.69, 9.17) is 22.9 Å². The van der Waals surface area contributed by atoms with E-state index in [2.05, 4.69) is 40.2 Å². The molecule has 9 N–H and O–H groups in total. The summed E-state index contributed by atoms with van der Waals surface area (Å²) in [6, 6.07) is 0. The van der Waals surface area contributed by atoms with Crippen molar-refractivity contribution in [3.63, 3.8) is 0 Å². The lowest BCUT2D eigenvalue weighted by molar-refractivity contribution is 0.112. The normalized spacial score (nSPS) is 9.53. The van der Waals surface area contributed by atoms with Crippen molar-refractivity contribution in [1.82, 2.24) is 35.2 Å². The van der Waals surface area contributed by atoms with Crippen molar-refractivity contribution in [1.29, 1.82) is 0 Å². The Bertz CT molecular complexity index is 836. The first kappa shape index (κ1) is 30.4. The molecule has 0 unspecified atom stereocenters. The summed E-state index contributed by atoms with van der Waals surface area (Å²) in [4.78, 5) is 36.6. The molecular weight excluding hydrogens is 436 g/mol. The van der Waals surface area contributed by atoms with Gasteiger partial charge in [0.2, 0.25) is 0 Å². The second kappa shape index (κ2) is 24.0. The minimum Gasteiger partial charge on any atom is -0.329 e. The van der Waals surface area contributed by atoms with E-state index in [9.17, 15) is 4.79 Å². The van der Waals surface area contributed by atoms with Gasteiger partial charge in [0, 0.05) is 93.8 Å². The maximum atomic E-state index is 9.93. The molecule has 0 radical (unpaired) electrons. The van der Waals surface area contributed by atoms with Crippen molar-refractivity contribution in [3.8, 4) is 0 Å². The van der Waals surface area contributed by atoms with Crippen LogP contribution in [0, 0.1) is 0 Å². The van der Waals surface area contributed by atoms with Gasteiger partial charge in [-0.3, -0.25) is 9.79 Å². The van der Waals surface area contributed by atoms with Crippen LogP contribution < -0.4 is 28.3 Å². The van der Waals surface area contributed by atoms with E-state index in [0.717, 1.165) is 24.2 Å². The number of nitrogens with zero attached hydrogens (tertiary/aromatic N) is 7. The Morgan fingerprint density at radius 3 is 1.62 bits per heavy atom. The molecule has 0 fully saturated rings. The molecule has 184 valence electrons. The van der Waals surface area contributed by atoms with E-state index in [1.807, 2.05) is 0 Å². The molecule has 0 saturated carbocycles. The van der Waals surface area contributed by atoms with Gasteiger partial charge in [-0.15, -0.1) is 0 Å². The molecule has 0 saturated heterocycles. The Balaban J connectivity index is 0.000000450. The van der Waals surface area contributed by atoms with Gasteiger partial charge >= 0.3 is 0 Å². The molecule has 13 nitrogen and oxygen atoms in total. The van der Waals surface area contributed by atoms with Crippen molar-refractivity contribution < 1.29 is 4.79 Å². The van der Waals surface area contributed by atoms with Crippen LogP contribution in [0.2, 0.25) is 0 Å². The Morgan fingerprint density at radius 2 is 1.21 bits per heavy atom. The molecule has 0 aliphatic heterocycles. The van der Waals surface area contributed by atoms with Gasteiger partial charge < -0.3 is 28.3 Å². The van der Waals surface area contributed by atoms with Crippen LogP contribution in [0.4, 0.5) is 0 Å². The van der Waals surface area contributed by atoms with E-state index < -0.39 is 0 Å². The standard InChI is InChI=1S/C7H12N4.C7H10N4.C5H4N2O.C2H8N2/c2*8-1-2-9-3-7-4-10-6-11-5-7;8-3-5-1-6-4-7-2-5;3-1-2-4/h4-6,9H,1-3,8H2;3-6H,1-2,8H2;1-4H;1-4H2. The van der Waals surface area contributed by atoms with Gasteiger partial charge in [0.05, 0.1) is 12.1 Å². The number of aliphatic imine (C=N–C) groups is 1. The zero-order valence-electron chi connectivity index (χ0n) is 19.1. The molecule has 3 aromatic rings. The third-order valence-electron chi connectivity index (χ3n) is 3.23. The summed E-state index contributed by atoms with van der Waals surface area (Å²) in [6.45, 7) is 4.69. The summed E-state index contributed by atoms with van der Waals surface area (Å²) in [6.07, 6.45) is 16.7. The predicted octanol–water partition coefficient (Wildman–Crippen LogP) is -1.43. The van der Waals surface area contributed by atoms with Crippen LogP contribution in [-0.2, 0) is 6.54 Å². The molecule has 34 heavy (non-hydrogen) atoms. The Morgan fingerprint density at radius 1 is 0.706 bits per heavy atom. The number of carbonyl (C=O) groups is 1. The minimum atomic E-state index is 0.507. The van der Waals surface area contributed by atoms with E-state index in [-0.39, 0.29) is 0 Å². The number of nitrogens with one attached hydrogen (secondary N) is 1. The fraction of sp³-hybridized carbons (Fsp3) is 0.333. The summed E-state index contributed by atoms with van der Waals surface area (Å²) in [5.41, 5.74) is 22.8. The van der Waals surface area contributed by atoms with Crippen molar-refractivity contribution in [2.24, 2.45) is 27.9 Å². The van der Waals surface area contributed by atoms with E-state index >= 15 is 0 Å². The Labute approximate surface area is 199 Å². The van der Waals surface area contributed by atoms with Crippen molar-refractivity contribution >= 4 is 12.5 Å². The topological polar surface area (TPSA) is 223 Å². The molecule has 0 aliphatic rings. The minimum absolute atomic E-state index is 0.507. The number of nitrogens with two attached hydrogens (primary N) is 4. The number of rotatable bonds is 9. The summed E-state index contributed by atoms with van der Waals surface area (Å²) < 4.78 is 0. The fourth-order valence-electron chi connectivity index (χ4n) is 1.75. The highest BCUT2D eigenvalue weighted by molar-refractivity contribution is 5.78. The molecular formula is C21H34N12O. The van der Waals surface area contributed by atoms with Gasteiger partial charge in [-0.1, -0.05) is 0 Å². The average molecular weight is 471 g/mol. The third-order valence-corrected chi connectivity index (χ3v) is 3.23. The molecule has 0 aliphatic carbocycles. The lowest BCUT2D eigenvalue weighted by Gasteiger charge is -2.00. The van der Waals surface area contributed by atoms with Gasteiger partial charge in [-0.25, -0.2) is 29.9 Å². The van der Waals surface area contributed by atoms with Crippen molar-refractivity contribution in [2.75, 3.05) is 39.3 Å². The monoisotopic (exact) mass is 470 g/mol. The highest BCUT2D eigenvalue weighted by Crippen LogP contribution is 1.90. The van der Waals surface area contributed by atoms with Crippen LogP contribution in [0.1, 0.15) is 21.5 Å². The number of hydrogen-bond acceptors (Lipinski definition) is 13. The maximum Gasteiger partial charge on any atom is 0.153 e. The SMILES string of the molecule is NCCN.NCCN=Cc1cncnc1.NCCNCc1cncnc1.O=Cc1cncnc1. The highest BCUT2D eigenvalue weighted by Gasteiger charge is 1.89. The third kappa shape index (κ3) is 19.1. The zero-order valence-corrected chi connectivity index (χ0v) is 19.1. The summed E-state index contributed by atoms with van der Waals surface area (Å²) in [5, 5.41) is 3.15. The van der Waals surface area contributed by atoms with E-state index in [0.29, 0.717) is 44.6 Å². The van der Waals surface area contributed by atoms with Crippen LogP contribution in [0.5, 0.6) is 0 Å². The van der Waals surface area contributed by atoms with Crippen LogP contribution in [0.3, 0.4) is 0 Å². The van der Waals surface area contributed by atoms with Crippen LogP contribution >= 0.6 is 0 Å². The van der Waals surface area contributed by atoms with Gasteiger partial charge in [-0.2, -0.15) is 0 Å². The van der Waals surface area contributed by atoms with Crippen LogP contribution in [-0.4, -0.2) is 81.7 Å². The van der Waals surface area contributed by atoms with E-state index in [1.54, 1.807) is 31.0 Å². The molecule has 0 aromatic carbocycles. The molecule has 0 bridgehead atoms. The summed E-state index contributed by atoms with van der Waals surface area (Å²) in [7, 11) is 0. The van der Waals surface area contributed by atoms with Gasteiger partial charge in [0.1, 0.15) is 19.0 Å². The lowest BCUT2D eigenvalue weighted by atomic mass is 10.3. The largest absolute Gasteiger partial charge is 0.329 e. The Hall–Kier alpha value is -3.62. The first-order chi connectivity index (χ1) is 16.7. The number of aldehydes is 1. The van der Waals surface area contributed by atoms with Crippen molar-refractivity contribution in [3.05, 3.63) is 72.9 Å². The Kier molecular flexibility index (Phi) is 21.5. The molecule has 0 atom stereocenters. The second-order valence-electron chi connectivity index (χ2n) is 6.07. The first-order valence-electron chi connectivity index (χ1n) is 10.4. The molecule has 0 amide bonds. The lowest BCUT2D eigenvalue weighted by Crippen LogP contribution is -2.21. The van der Waals surface area contributed by atoms with E-state index in [1.165, 1.54) is 31.4 Å². The quantitative estimate of drug-likeness (QED) is 0.138. The number of hydrogen-bond donors (Lipinski definition) is 5. The van der Waals surface area contributed by atoms with Crippen molar-refractivity contribution in [2.45, 2.75) is 6.54 Å². The fourth-order valence-corrected chi connectivity index (χ4v) is 1.75. The molecule has 13 heteroatoms. The molecule has 3 heterocycles. The number of carbonyl (C=O) groups excluding carboxylic acids is 1. The van der Waals surface area contributed by atoms with Gasteiger partial charge in [0.25, 0.3) is 0 Å². The highest BCUT2D eigenvalue weighted by atomic mass is 16.1. The second-order valence-corrected chi connectivity index (χ2v) is 6.07. The molecule has 3 rings (SSSR count). The number of aromatic nitrogens is 6. The smallest absolute Gasteiger partial charge is 0.153 e. The summed E-state index contributed by atoms with van der Waals surface area (Å²) in [5.74, 6) is 0. The van der Waals surface area contributed by atoms with Crippen LogP contribution in [0.15, 0.2) is 61.2 Å². The summed E-state index contributed by atoms with van der Waals surface area (Å²) >= 11 is 0. The molecule has 0 spiro atoms. The van der Waals surface area contributed by atoms with Gasteiger partial charge in [0.15, 0.2) is 6.29 Å².